The first-order valence-corrected chi connectivity index (χ1v) is 6.58. The molecule has 0 bridgehead atoms. The van der Waals surface area contributed by atoms with Crippen molar-refractivity contribution in [2.45, 2.75) is 50.5 Å². The number of rotatable bonds is 5. The summed E-state index contributed by atoms with van der Waals surface area (Å²) in [4.78, 5) is 11.7. The first-order chi connectivity index (χ1) is 9.79. The zero-order valence-electron chi connectivity index (χ0n) is 11.9. The third-order valence-electron chi connectivity index (χ3n) is 3.20. The van der Waals surface area contributed by atoms with Gasteiger partial charge in [0.05, 0.1) is 6.61 Å². The zero-order chi connectivity index (χ0) is 16.2. The van der Waals surface area contributed by atoms with Crippen molar-refractivity contribution in [2.75, 3.05) is 13.2 Å². The molecule has 1 saturated heterocycles. The van der Waals surface area contributed by atoms with Gasteiger partial charge in [-0.25, -0.2) is 4.79 Å². The Bertz CT molecular complexity index is 376. The quantitative estimate of drug-likeness (QED) is 0.282. The third kappa shape index (κ3) is 4.47. The molecule has 0 saturated carbocycles. The van der Waals surface area contributed by atoms with E-state index in [1.807, 2.05) is 13.8 Å². The fourth-order valence-electron chi connectivity index (χ4n) is 1.90. The number of esters is 1. The van der Waals surface area contributed by atoms with Crippen LogP contribution < -0.4 is 0 Å². The Kier molecular flexibility index (Phi) is 6.72. The molecule has 1 fully saturated rings. The van der Waals surface area contributed by atoms with Crippen LogP contribution in [0, 0.1) is 0 Å². The molecule has 0 spiro atoms. The molecule has 8 nitrogen and oxygen atoms in total. The van der Waals surface area contributed by atoms with Crippen LogP contribution in [0.4, 0.5) is 0 Å². The standard InChI is InChI=1S/C13H22O8/c1-6(2)3-4-20-13(19)11(18)12-10(17)9(16)8(15)7(5-14)21-12/h3,7-12,14-18H,4-5H2,1-2H3/t7-,8+,9+,10-,11?,12?/m1/s1. The van der Waals surface area contributed by atoms with Gasteiger partial charge in [0.1, 0.15) is 37.1 Å². The molecule has 0 radical (unpaired) electrons. The van der Waals surface area contributed by atoms with Gasteiger partial charge in [-0.3, -0.25) is 0 Å². The van der Waals surface area contributed by atoms with Crippen LogP contribution in [0.5, 0.6) is 0 Å². The van der Waals surface area contributed by atoms with E-state index < -0.39 is 49.2 Å². The molecule has 0 aromatic rings. The molecule has 0 amide bonds. The largest absolute Gasteiger partial charge is 0.459 e. The average Bonchev–Trinajstić information content (AvgIpc) is 2.44. The second-order valence-electron chi connectivity index (χ2n) is 5.15. The minimum atomic E-state index is -1.85. The maximum absolute atomic E-state index is 11.7. The smallest absolute Gasteiger partial charge is 0.338 e. The van der Waals surface area contributed by atoms with E-state index in [-0.39, 0.29) is 6.61 Å². The van der Waals surface area contributed by atoms with E-state index in [0.29, 0.717) is 0 Å². The molecule has 1 aliphatic rings. The summed E-state index contributed by atoms with van der Waals surface area (Å²) in [5.41, 5.74) is 0.921. The van der Waals surface area contributed by atoms with Crippen molar-refractivity contribution in [1.82, 2.24) is 0 Å². The van der Waals surface area contributed by atoms with E-state index in [0.717, 1.165) is 5.57 Å². The van der Waals surface area contributed by atoms with E-state index in [4.69, 9.17) is 14.6 Å². The van der Waals surface area contributed by atoms with E-state index in [1.165, 1.54) is 0 Å². The Morgan fingerprint density at radius 3 is 2.38 bits per heavy atom. The Hall–Kier alpha value is -1.03. The molecule has 5 N–H and O–H groups in total. The average molecular weight is 306 g/mol. The van der Waals surface area contributed by atoms with Crippen molar-refractivity contribution in [2.24, 2.45) is 0 Å². The maximum atomic E-state index is 11.7. The van der Waals surface area contributed by atoms with Gasteiger partial charge in [0.25, 0.3) is 0 Å². The number of hydrogen-bond acceptors (Lipinski definition) is 8. The monoisotopic (exact) mass is 306 g/mol. The van der Waals surface area contributed by atoms with Crippen molar-refractivity contribution in [3.63, 3.8) is 0 Å². The third-order valence-corrected chi connectivity index (χ3v) is 3.20. The van der Waals surface area contributed by atoms with Gasteiger partial charge in [0, 0.05) is 0 Å². The summed E-state index contributed by atoms with van der Waals surface area (Å²) in [6.07, 6.45) is -7.79. The lowest BCUT2D eigenvalue weighted by Gasteiger charge is -2.41. The number of ether oxygens (including phenoxy) is 2. The van der Waals surface area contributed by atoms with Crippen molar-refractivity contribution in [3.8, 4) is 0 Å². The molecule has 0 aromatic heterocycles. The lowest BCUT2D eigenvalue weighted by Crippen LogP contribution is -2.62. The zero-order valence-corrected chi connectivity index (χ0v) is 11.9. The maximum Gasteiger partial charge on any atom is 0.338 e. The summed E-state index contributed by atoms with van der Waals surface area (Å²) in [7, 11) is 0. The summed E-state index contributed by atoms with van der Waals surface area (Å²) in [5, 5.41) is 47.8. The second kappa shape index (κ2) is 7.83. The van der Waals surface area contributed by atoms with Gasteiger partial charge in [-0.2, -0.15) is 0 Å². The molecule has 0 aromatic carbocycles. The first kappa shape index (κ1) is 18.0. The lowest BCUT2D eigenvalue weighted by atomic mass is 9.92. The van der Waals surface area contributed by atoms with Gasteiger partial charge in [0.2, 0.25) is 0 Å². The minimum absolute atomic E-state index is 0.0460. The highest BCUT2D eigenvalue weighted by Crippen LogP contribution is 2.23. The van der Waals surface area contributed by atoms with Gasteiger partial charge in [-0.05, 0) is 19.9 Å². The lowest BCUT2D eigenvalue weighted by molar-refractivity contribution is -0.250. The predicted octanol–water partition coefficient (Wildman–Crippen LogP) is -2.30. The van der Waals surface area contributed by atoms with Crippen molar-refractivity contribution in [3.05, 3.63) is 11.6 Å². The Morgan fingerprint density at radius 2 is 1.86 bits per heavy atom. The number of allylic oxidation sites excluding steroid dienone is 1. The van der Waals surface area contributed by atoms with Crippen LogP contribution in [0.3, 0.4) is 0 Å². The van der Waals surface area contributed by atoms with Crippen LogP contribution in [-0.2, 0) is 14.3 Å². The summed E-state index contributed by atoms with van der Waals surface area (Å²) >= 11 is 0. The van der Waals surface area contributed by atoms with Crippen LogP contribution in [-0.4, -0.2) is 81.3 Å². The number of aliphatic hydroxyl groups excluding tert-OH is 5. The van der Waals surface area contributed by atoms with Crippen molar-refractivity contribution in [1.29, 1.82) is 0 Å². The summed E-state index contributed by atoms with van der Waals surface area (Å²) in [6.45, 7) is 2.93. The fraction of sp³-hybridized carbons (Fsp3) is 0.769. The van der Waals surface area contributed by atoms with E-state index in [1.54, 1.807) is 6.08 Å². The summed E-state index contributed by atoms with van der Waals surface area (Å²) < 4.78 is 9.85. The Labute approximate surface area is 122 Å². The highest BCUT2D eigenvalue weighted by molar-refractivity contribution is 5.75. The molecule has 8 heteroatoms. The SMILES string of the molecule is CC(C)=CCOC(=O)C(O)C1O[C@H](CO)[C@H](O)[C@H](O)[C@H]1O. The molecular formula is C13H22O8. The van der Waals surface area contributed by atoms with E-state index in [9.17, 15) is 25.2 Å². The minimum Gasteiger partial charge on any atom is -0.459 e. The van der Waals surface area contributed by atoms with E-state index in [2.05, 4.69) is 0 Å². The number of hydrogen-bond donors (Lipinski definition) is 5. The molecule has 21 heavy (non-hydrogen) atoms. The molecule has 1 aliphatic heterocycles. The molecule has 2 unspecified atom stereocenters. The topological polar surface area (TPSA) is 137 Å². The highest BCUT2D eigenvalue weighted by atomic mass is 16.6. The number of aliphatic hydroxyl groups is 5. The van der Waals surface area contributed by atoms with Gasteiger partial charge in [-0.1, -0.05) is 5.57 Å². The first-order valence-electron chi connectivity index (χ1n) is 6.58. The number of carbonyl (C=O) groups is 1. The molecular weight excluding hydrogens is 284 g/mol. The molecule has 122 valence electrons. The van der Waals surface area contributed by atoms with Crippen LogP contribution in [0.25, 0.3) is 0 Å². The Balaban J connectivity index is 2.69. The van der Waals surface area contributed by atoms with Crippen LogP contribution in [0.15, 0.2) is 11.6 Å². The Morgan fingerprint density at radius 1 is 1.24 bits per heavy atom. The summed E-state index contributed by atoms with van der Waals surface area (Å²) in [5.74, 6) is -1.03. The molecule has 0 aliphatic carbocycles. The van der Waals surface area contributed by atoms with Gasteiger partial charge < -0.3 is 35.0 Å². The fourth-order valence-corrected chi connectivity index (χ4v) is 1.90. The highest BCUT2D eigenvalue weighted by Gasteiger charge is 2.48. The molecule has 1 rings (SSSR count). The van der Waals surface area contributed by atoms with Gasteiger partial charge >= 0.3 is 5.97 Å². The van der Waals surface area contributed by atoms with Crippen LogP contribution in [0.2, 0.25) is 0 Å². The van der Waals surface area contributed by atoms with Crippen molar-refractivity contribution >= 4 is 5.97 Å². The predicted molar refractivity (Wildman–Crippen MR) is 70.2 cm³/mol. The normalized spacial score (nSPS) is 34.1. The molecule has 6 atom stereocenters. The summed E-state index contributed by atoms with van der Waals surface area (Å²) in [6, 6.07) is 0. The van der Waals surface area contributed by atoms with Gasteiger partial charge in [0.15, 0.2) is 6.10 Å². The van der Waals surface area contributed by atoms with Gasteiger partial charge in [-0.15, -0.1) is 0 Å². The van der Waals surface area contributed by atoms with Crippen molar-refractivity contribution < 1.29 is 39.8 Å². The van der Waals surface area contributed by atoms with Crippen LogP contribution >= 0.6 is 0 Å². The second-order valence-corrected chi connectivity index (χ2v) is 5.15. The van der Waals surface area contributed by atoms with Crippen LogP contribution in [0.1, 0.15) is 13.8 Å². The number of carbonyl (C=O) groups excluding carboxylic acids is 1. The molecule has 1 heterocycles. The van der Waals surface area contributed by atoms with E-state index >= 15 is 0 Å².